The number of nitrogens with zero attached hydrogens (tertiary/aromatic N) is 1. The fraction of sp³-hybridized carbons (Fsp3) is 0.562. The third-order valence-electron chi connectivity index (χ3n) is 4.22. The Morgan fingerprint density at radius 3 is 2.70 bits per heavy atom. The average molecular weight is 387 g/mol. The van der Waals surface area contributed by atoms with Crippen molar-refractivity contribution in [3.8, 4) is 0 Å². The predicted octanol–water partition coefficient (Wildman–Crippen LogP) is 3.25. The van der Waals surface area contributed by atoms with Crippen molar-refractivity contribution >= 4 is 29.9 Å². The third kappa shape index (κ3) is 3.65. The summed E-state index contributed by atoms with van der Waals surface area (Å²) >= 11 is 0. The maximum absolute atomic E-state index is 4.17. The highest BCUT2D eigenvalue weighted by Gasteiger charge is 2.31. The Morgan fingerprint density at radius 2 is 2.05 bits per heavy atom. The van der Waals surface area contributed by atoms with Gasteiger partial charge in [0, 0.05) is 26.6 Å². The van der Waals surface area contributed by atoms with Gasteiger partial charge in [-0.05, 0) is 29.4 Å². The average Bonchev–Trinajstić information content (AvgIpc) is 2.42. The number of rotatable bonds is 2. The van der Waals surface area contributed by atoms with Crippen LogP contribution in [0.4, 0.5) is 0 Å². The van der Waals surface area contributed by atoms with Crippen LogP contribution in [-0.4, -0.2) is 26.6 Å². The van der Waals surface area contributed by atoms with Crippen molar-refractivity contribution in [2.24, 2.45) is 4.99 Å². The summed E-state index contributed by atoms with van der Waals surface area (Å²) in [6.07, 6.45) is 2.48. The number of benzene rings is 1. The van der Waals surface area contributed by atoms with Crippen LogP contribution in [0, 0.1) is 0 Å². The second kappa shape index (κ2) is 7.29. The number of guanidine groups is 1. The number of aliphatic imine (C=N–C) groups is 1. The predicted molar refractivity (Wildman–Crippen MR) is 97.3 cm³/mol. The molecule has 0 aliphatic heterocycles. The summed E-state index contributed by atoms with van der Waals surface area (Å²) in [5.74, 6) is 1.44. The fourth-order valence-electron chi connectivity index (χ4n) is 3.01. The van der Waals surface area contributed by atoms with Crippen LogP contribution >= 0.6 is 24.0 Å². The van der Waals surface area contributed by atoms with Gasteiger partial charge >= 0.3 is 0 Å². The van der Waals surface area contributed by atoms with E-state index in [4.69, 9.17) is 0 Å². The topological polar surface area (TPSA) is 36.4 Å². The van der Waals surface area contributed by atoms with Gasteiger partial charge in [-0.1, -0.05) is 38.1 Å². The first-order chi connectivity index (χ1) is 9.08. The largest absolute Gasteiger partial charge is 0.359 e. The van der Waals surface area contributed by atoms with Crippen LogP contribution in [0.1, 0.15) is 43.7 Å². The van der Waals surface area contributed by atoms with Gasteiger partial charge < -0.3 is 10.6 Å². The van der Waals surface area contributed by atoms with E-state index in [1.807, 2.05) is 7.05 Å². The summed E-state index contributed by atoms with van der Waals surface area (Å²) in [6.45, 7) is 5.64. The van der Waals surface area contributed by atoms with E-state index in [1.165, 1.54) is 24.0 Å². The van der Waals surface area contributed by atoms with Gasteiger partial charge in [-0.25, -0.2) is 0 Å². The van der Waals surface area contributed by atoms with Gasteiger partial charge in [-0.2, -0.15) is 0 Å². The summed E-state index contributed by atoms with van der Waals surface area (Å²) in [4.78, 5) is 4.17. The molecule has 0 spiro atoms. The van der Waals surface area contributed by atoms with Gasteiger partial charge in [0.1, 0.15) is 0 Å². The lowest BCUT2D eigenvalue weighted by Gasteiger charge is -2.37. The molecular formula is C16H26IN3. The van der Waals surface area contributed by atoms with Crippen molar-refractivity contribution in [2.45, 2.75) is 38.0 Å². The van der Waals surface area contributed by atoms with E-state index in [9.17, 15) is 0 Å². The Morgan fingerprint density at radius 1 is 1.35 bits per heavy atom. The molecule has 0 saturated carbocycles. The lowest BCUT2D eigenvalue weighted by molar-refractivity contribution is 0.390. The lowest BCUT2D eigenvalue weighted by Crippen LogP contribution is -2.39. The van der Waals surface area contributed by atoms with Crippen molar-refractivity contribution in [3.05, 3.63) is 35.4 Å². The van der Waals surface area contributed by atoms with Gasteiger partial charge in [0.25, 0.3) is 0 Å². The fourth-order valence-corrected chi connectivity index (χ4v) is 3.01. The zero-order chi connectivity index (χ0) is 13.9. The molecule has 0 bridgehead atoms. The quantitative estimate of drug-likeness (QED) is 0.464. The van der Waals surface area contributed by atoms with Crippen molar-refractivity contribution in [1.82, 2.24) is 10.6 Å². The Bertz CT molecular complexity index is 469. The molecule has 0 amide bonds. The van der Waals surface area contributed by atoms with Gasteiger partial charge in [-0.3, -0.25) is 4.99 Å². The molecule has 112 valence electrons. The summed E-state index contributed by atoms with van der Waals surface area (Å²) in [6, 6.07) is 8.88. The molecule has 3 nitrogen and oxygen atoms in total. The highest BCUT2D eigenvalue weighted by Crippen LogP contribution is 2.41. The van der Waals surface area contributed by atoms with E-state index in [1.54, 1.807) is 7.05 Å². The zero-order valence-corrected chi connectivity index (χ0v) is 15.2. The highest BCUT2D eigenvalue weighted by atomic mass is 127. The smallest absolute Gasteiger partial charge is 0.190 e. The van der Waals surface area contributed by atoms with Crippen LogP contribution in [0.5, 0.6) is 0 Å². The highest BCUT2D eigenvalue weighted by molar-refractivity contribution is 14.0. The van der Waals surface area contributed by atoms with Crippen molar-refractivity contribution in [3.63, 3.8) is 0 Å². The molecule has 2 N–H and O–H groups in total. The molecule has 1 aliphatic rings. The Kier molecular flexibility index (Phi) is 6.30. The molecule has 0 saturated heterocycles. The minimum Gasteiger partial charge on any atom is -0.359 e. The van der Waals surface area contributed by atoms with Crippen LogP contribution in [0.15, 0.2) is 29.3 Å². The molecule has 4 heteroatoms. The zero-order valence-electron chi connectivity index (χ0n) is 12.9. The van der Waals surface area contributed by atoms with Crippen LogP contribution in [0.3, 0.4) is 0 Å². The van der Waals surface area contributed by atoms with Crippen LogP contribution in [0.2, 0.25) is 0 Å². The Hall–Kier alpha value is -0.780. The molecule has 1 atom stereocenters. The minimum atomic E-state index is 0. The van der Waals surface area contributed by atoms with E-state index in [0.717, 1.165) is 12.5 Å². The van der Waals surface area contributed by atoms with Gasteiger partial charge in [-0.15, -0.1) is 24.0 Å². The Balaban J connectivity index is 0.00000200. The second-order valence-corrected chi connectivity index (χ2v) is 5.91. The number of hydrogen-bond acceptors (Lipinski definition) is 1. The van der Waals surface area contributed by atoms with Crippen LogP contribution < -0.4 is 10.6 Å². The SMILES string of the molecule is CN=C(NC)NCC1CCC(C)(C)c2ccccc21.I. The molecular weight excluding hydrogens is 361 g/mol. The first kappa shape index (κ1) is 17.3. The van der Waals surface area contributed by atoms with E-state index in [0.29, 0.717) is 11.3 Å². The van der Waals surface area contributed by atoms with Crippen molar-refractivity contribution in [1.29, 1.82) is 0 Å². The van der Waals surface area contributed by atoms with E-state index >= 15 is 0 Å². The van der Waals surface area contributed by atoms with Gasteiger partial charge in [0.05, 0.1) is 0 Å². The second-order valence-electron chi connectivity index (χ2n) is 5.91. The first-order valence-corrected chi connectivity index (χ1v) is 7.06. The van der Waals surface area contributed by atoms with Crippen molar-refractivity contribution in [2.75, 3.05) is 20.6 Å². The minimum absolute atomic E-state index is 0. The maximum Gasteiger partial charge on any atom is 0.190 e. The number of nitrogens with one attached hydrogen (secondary N) is 2. The molecule has 0 heterocycles. The standard InChI is InChI=1S/C16H25N3.HI/c1-16(2)10-9-12(11-19-15(17-3)18-4)13-7-5-6-8-14(13)16;/h5-8,12H,9-11H2,1-4H3,(H2,17,18,19);1H. The van der Waals surface area contributed by atoms with E-state index in [-0.39, 0.29) is 24.0 Å². The van der Waals surface area contributed by atoms with E-state index < -0.39 is 0 Å². The maximum atomic E-state index is 4.17. The third-order valence-corrected chi connectivity index (χ3v) is 4.22. The van der Waals surface area contributed by atoms with Crippen molar-refractivity contribution < 1.29 is 0 Å². The lowest BCUT2D eigenvalue weighted by atomic mass is 9.69. The normalized spacial score (nSPS) is 20.6. The molecule has 2 rings (SSSR count). The number of halogens is 1. The van der Waals surface area contributed by atoms with Gasteiger partial charge in [0.15, 0.2) is 5.96 Å². The summed E-state index contributed by atoms with van der Waals surface area (Å²) in [7, 11) is 3.70. The first-order valence-electron chi connectivity index (χ1n) is 7.06. The monoisotopic (exact) mass is 387 g/mol. The van der Waals surface area contributed by atoms with Gasteiger partial charge in [0.2, 0.25) is 0 Å². The van der Waals surface area contributed by atoms with E-state index in [2.05, 4.69) is 53.7 Å². The molecule has 20 heavy (non-hydrogen) atoms. The molecule has 0 aromatic heterocycles. The molecule has 1 aromatic carbocycles. The summed E-state index contributed by atoms with van der Waals surface area (Å²) in [5.41, 5.74) is 3.31. The summed E-state index contributed by atoms with van der Waals surface area (Å²) in [5, 5.41) is 6.47. The number of hydrogen-bond donors (Lipinski definition) is 2. The van der Waals surface area contributed by atoms with Crippen LogP contribution in [-0.2, 0) is 5.41 Å². The van der Waals surface area contributed by atoms with Crippen LogP contribution in [0.25, 0.3) is 0 Å². The number of fused-ring (bicyclic) bond motifs is 1. The molecule has 0 radical (unpaired) electrons. The Labute approximate surface area is 139 Å². The molecule has 1 aliphatic carbocycles. The molecule has 0 fully saturated rings. The molecule has 1 aromatic rings. The molecule has 1 unspecified atom stereocenters. The summed E-state index contributed by atoms with van der Waals surface area (Å²) < 4.78 is 0.